The van der Waals surface area contributed by atoms with E-state index in [0.717, 1.165) is 28.0 Å². The molecule has 0 aliphatic carbocycles. The molecule has 1 atom stereocenters. The molecule has 208 valence electrons. The number of thiophene rings is 1. The lowest BCUT2D eigenvalue weighted by Crippen LogP contribution is -2.26. The maximum atomic E-state index is 13.5. The number of nitrogens with zero attached hydrogens (tertiary/aromatic N) is 4. The predicted molar refractivity (Wildman–Crippen MR) is 154 cm³/mol. The first kappa shape index (κ1) is 27.5. The minimum atomic E-state index is -3.94. The van der Waals surface area contributed by atoms with E-state index in [0.29, 0.717) is 34.8 Å². The third kappa shape index (κ3) is 5.11. The van der Waals surface area contributed by atoms with Gasteiger partial charge in [0.2, 0.25) is 0 Å². The summed E-state index contributed by atoms with van der Waals surface area (Å²) in [5.74, 6) is 1.37. The van der Waals surface area contributed by atoms with Gasteiger partial charge in [-0.1, -0.05) is 36.3 Å². The molecule has 0 amide bonds. The highest BCUT2D eigenvalue weighted by Crippen LogP contribution is 2.39. The number of rotatable bonds is 9. The number of anilines is 1. The molecule has 0 aliphatic rings. The molecule has 0 radical (unpaired) electrons. The molecule has 1 unspecified atom stereocenters. The molecule has 1 aromatic carbocycles. The summed E-state index contributed by atoms with van der Waals surface area (Å²) >= 11 is 1.19. The van der Waals surface area contributed by atoms with Gasteiger partial charge in [0, 0.05) is 28.6 Å². The van der Waals surface area contributed by atoms with E-state index in [1.165, 1.54) is 11.3 Å². The topological polar surface area (TPSA) is 136 Å². The van der Waals surface area contributed by atoms with Crippen LogP contribution in [0, 0.1) is 27.7 Å². The highest BCUT2D eigenvalue weighted by Gasteiger charge is 2.28. The van der Waals surface area contributed by atoms with Crippen LogP contribution in [0.4, 0.5) is 5.82 Å². The minimum Gasteiger partial charge on any atom is -0.359 e. The highest BCUT2D eigenvalue weighted by molar-refractivity contribution is 7.94. The van der Waals surface area contributed by atoms with E-state index in [1.54, 1.807) is 24.6 Å². The average Bonchev–Trinajstić information content (AvgIpc) is 3.59. The van der Waals surface area contributed by atoms with Crippen molar-refractivity contribution in [1.82, 2.24) is 24.9 Å². The van der Waals surface area contributed by atoms with E-state index in [-0.39, 0.29) is 15.7 Å². The molecule has 5 rings (SSSR count). The number of benzene rings is 1. The lowest BCUT2D eigenvalue weighted by molar-refractivity contribution is 0.399. The van der Waals surface area contributed by atoms with Crippen molar-refractivity contribution in [2.24, 2.45) is 0 Å². The first-order valence-electron chi connectivity index (χ1n) is 12.8. The second-order valence-electron chi connectivity index (χ2n) is 9.67. The van der Waals surface area contributed by atoms with Crippen molar-refractivity contribution in [2.45, 2.75) is 57.7 Å². The van der Waals surface area contributed by atoms with Crippen LogP contribution >= 0.6 is 11.3 Å². The van der Waals surface area contributed by atoms with Crippen molar-refractivity contribution >= 4 is 27.2 Å². The number of hydrogen-bond acceptors (Lipinski definition) is 8. The summed E-state index contributed by atoms with van der Waals surface area (Å²) in [5.41, 5.74) is 4.09. The first-order valence-corrected chi connectivity index (χ1v) is 15.1. The number of H-pyrrole nitrogens is 1. The SMILES string of the molecule is CCCc1n[nH]c(=O)n1C(c1ccc(-c2cc(C)sc2S(=O)(=O)Nc2noc(C)c2C)c(C)c1)c1ccccn1. The van der Waals surface area contributed by atoms with Crippen molar-refractivity contribution in [3.63, 3.8) is 0 Å². The molecule has 4 heterocycles. The first-order chi connectivity index (χ1) is 19.1. The minimum absolute atomic E-state index is 0.174. The number of aromatic amines is 1. The monoisotopic (exact) mass is 578 g/mol. The zero-order chi connectivity index (χ0) is 28.6. The van der Waals surface area contributed by atoms with Crippen LogP contribution in [0.5, 0.6) is 0 Å². The van der Waals surface area contributed by atoms with Crippen molar-refractivity contribution in [2.75, 3.05) is 4.72 Å². The van der Waals surface area contributed by atoms with Crippen LogP contribution in [0.25, 0.3) is 11.1 Å². The Kier molecular flexibility index (Phi) is 7.47. The Morgan fingerprint density at radius 2 is 1.90 bits per heavy atom. The number of hydrogen-bond donors (Lipinski definition) is 2. The smallest absolute Gasteiger partial charge is 0.344 e. The standard InChI is InChI=1S/C28H30N6O4S2/c1-6-9-24-30-31-28(35)34(24)25(23-10-7-8-13-29-23)20-11-12-21(16(2)14-20)22-15-17(3)39-27(22)40(36,37)33-26-18(4)19(5)38-32-26/h7-8,10-15,25H,6,9H2,1-5H3,(H,31,35)(H,32,33). The van der Waals surface area contributed by atoms with E-state index in [2.05, 4.69) is 25.1 Å². The number of pyridine rings is 1. The van der Waals surface area contributed by atoms with Crippen LogP contribution in [0.3, 0.4) is 0 Å². The fourth-order valence-corrected chi connectivity index (χ4v) is 7.42. The van der Waals surface area contributed by atoms with Gasteiger partial charge in [0.05, 0.1) is 5.69 Å². The van der Waals surface area contributed by atoms with Crippen molar-refractivity contribution in [1.29, 1.82) is 0 Å². The van der Waals surface area contributed by atoms with E-state index in [9.17, 15) is 13.2 Å². The Morgan fingerprint density at radius 1 is 1.10 bits per heavy atom. The quantitative estimate of drug-likeness (QED) is 0.242. The van der Waals surface area contributed by atoms with Gasteiger partial charge in [-0.05, 0) is 69.0 Å². The van der Waals surface area contributed by atoms with Crippen molar-refractivity contribution in [3.8, 4) is 11.1 Å². The summed E-state index contributed by atoms with van der Waals surface area (Å²) in [5, 5.41) is 10.7. The summed E-state index contributed by atoms with van der Waals surface area (Å²) in [6, 6.07) is 12.8. The summed E-state index contributed by atoms with van der Waals surface area (Å²) in [7, 11) is -3.94. The highest BCUT2D eigenvalue weighted by atomic mass is 32.2. The van der Waals surface area contributed by atoms with Crippen LogP contribution in [0.2, 0.25) is 0 Å². The van der Waals surface area contributed by atoms with E-state index in [4.69, 9.17) is 4.52 Å². The van der Waals surface area contributed by atoms with Gasteiger partial charge in [0.1, 0.15) is 21.8 Å². The molecular weight excluding hydrogens is 548 g/mol. The van der Waals surface area contributed by atoms with Gasteiger partial charge >= 0.3 is 5.69 Å². The summed E-state index contributed by atoms with van der Waals surface area (Å²) in [6.45, 7) is 9.32. The summed E-state index contributed by atoms with van der Waals surface area (Å²) in [4.78, 5) is 18.4. The molecule has 40 heavy (non-hydrogen) atoms. The maximum absolute atomic E-state index is 13.5. The number of sulfonamides is 1. The van der Waals surface area contributed by atoms with Crippen LogP contribution in [-0.2, 0) is 16.4 Å². The van der Waals surface area contributed by atoms with Gasteiger partial charge in [-0.25, -0.2) is 18.3 Å². The fraction of sp³-hybridized carbons (Fsp3) is 0.286. The van der Waals surface area contributed by atoms with E-state index in [1.807, 2.05) is 63.2 Å². The second-order valence-corrected chi connectivity index (χ2v) is 12.8. The number of nitrogens with one attached hydrogen (secondary N) is 2. The molecule has 10 nitrogen and oxygen atoms in total. The molecule has 4 aromatic heterocycles. The lowest BCUT2D eigenvalue weighted by atomic mass is 9.95. The zero-order valence-electron chi connectivity index (χ0n) is 22.8. The van der Waals surface area contributed by atoms with E-state index < -0.39 is 16.1 Å². The molecular formula is C28H30N6O4S2. The van der Waals surface area contributed by atoms with Gasteiger partial charge < -0.3 is 4.52 Å². The van der Waals surface area contributed by atoms with Crippen LogP contribution in [0.1, 0.15) is 58.2 Å². The van der Waals surface area contributed by atoms with Gasteiger partial charge in [0.25, 0.3) is 10.0 Å². The number of aromatic nitrogens is 5. The van der Waals surface area contributed by atoms with Gasteiger partial charge in [-0.2, -0.15) is 5.10 Å². The third-order valence-electron chi connectivity index (χ3n) is 6.79. The third-order valence-corrected chi connectivity index (χ3v) is 9.71. The molecule has 0 fully saturated rings. The normalized spacial score (nSPS) is 12.5. The largest absolute Gasteiger partial charge is 0.359 e. The van der Waals surface area contributed by atoms with Crippen LogP contribution in [0.15, 0.2) is 62.2 Å². The second kappa shape index (κ2) is 10.9. The molecule has 0 bridgehead atoms. The van der Waals surface area contributed by atoms with Crippen LogP contribution in [-0.4, -0.2) is 33.3 Å². The molecule has 2 N–H and O–H groups in total. The molecule has 5 aromatic rings. The Balaban J connectivity index is 1.60. The van der Waals surface area contributed by atoms with Crippen molar-refractivity contribution in [3.05, 3.63) is 98.0 Å². The summed E-state index contributed by atoms with van der Waals surface area (Å²) in [6.07, 6.45) is 3.16. The Labute approximate surface area is 236 Å². The maximum Gasteiger partial charge on any atom is 0.344 e. The molecule has 0 saturated carbocycles. The van der Waals surface area contributed by atoms with Gasteiger partial charge in [0.15, 0.2) is 5.82 Å². The zero-order valence-corrected chi connectivity index (χ0v) is 24.5. The van der Waals surface area contributed by atoms with Crippen molar-refractivity contribution < 1.29 is 12.9 Å². The Morgan fingerprint density at radius 3 is 2.55 bits per heavy atom. The van der Waals surface area contributed by atoms with Gasteiger partial charge in [-0.15, -0.1) is 11.3 Å². The fourth-order valence-electron chi connectivity index (χ4n) is 4.72. The summed E-state index contributed by atoms with van der Waals surface area (Å²) < 4.78 is 36.6. The lowest BCUT2D eigenvalue weighted by Gasteiger charge is -2.21. The Hall–Kier alpha value is -4.03. The Bertz CT molecular complexity index is 1830. The molecule has 0 aliphatic heterocycles. The molecule has 12 heteroatoms. The molecule has 0 spiro atoms. The predicted octanol–water partition coefficient (Wildman–Crippen LogP) is 5.31. The van der Waals surface area contributed by atoms with E-state index >= 15 is 0 Å². The van der Waals surface area contributed by atoms with Gasteiger partial charge in [-0.3, -0.25) is 14.3 Å². The average molecular weight is 579 g/mol. The number of aryl methyl sites for hydroxylation is 4. The van der Waals surface area contributed by atoms with Crippen LogP contribution < -0.4 is 10.4 Å². The molecule has 0 saturated heterocycles.